The van der Waals surface area contributed by atoms with E-state index in [2.05, 4.69) is 5.32 Å². The van der Waals surface area contributed by atoms with E-state index in [9.17, 15) is 9.90 Å². The van der Waals surface area contributed by atoms with Crippen molar-refractivity contribution in [1.82, 2.24) is 0 Å². The van der Waals surface area contributed by atoms with Crippen molar-refractivity contribution in [1.29, 1.82) is 0 Å². The number of rotatable bonds is 4. The molecule has 0 heterocycles. The lowest BCUT2D eigenvalue weighted by Crippen LogP contribution is -2.13. The Kier molecular flexibility index (Phi) is 5.17. The summed E-state index contributed by atoms with van der Waals surface area (Å²) in [5.41, 5.74) is 0.549. The number of halogens is 2. The number of carbonyl (C=O) groups is 1. The summed E-state index contributed by atoms with van der Waals surface area (Å²) < 4.78 is 0. The number of phenols is 1. The van der Waals surface area contributed by atoms with Crippen LogP contribution in [0.25, 0.3) is 0 Å². The van der Waals surface area contributed by atoms with Gasteiger partial charge in [0, 0.05) is 21.7 Å². The third-order valence-corrected chi connectivity index (χ3v) is 4.11. The van der Waals surface area contributed by atoms with Crippen molar-refractivity contribution in [3.8, 4) is 5.75 Å². The van der Waals surface area contributed by atoms with Crippen LogP contribution in [-0.2, 0) is 4.79 Å². The van der Waals surface area contributed by atoms with Crippen LogP contribution in [0.3, 0.4) is 0 Å². The number of benzene rings is 2. The van der Waals surface area contributed by atoms with Gasteiger partial charge in [0.25, 0.3) is 0 Å². The van der Waals surface area contributed by atoms with Crippen molar-refractivity contribution < 1.29 is 9.90 Å². The SMILES string of the molecule is O=C(CSc1cc(Cl)ccc1Cl)Nc1cccc(O)c1. The molecule has 20 heavy (non-hydrogen) atoms. The summed E-state index contributed by atoms with van der Waals surface area (Å²) in [5.74, 6) is 0.125. The van der Waals surface area contributed by atoms with Gasteiger partial charge in [0.1, 0.15) is 5.75 Å². The lowest BCUT2D eigenvalue weighted by molar-refractivity contribution is -0.113. The van der Waals surface area contributed by atoms with Crippen molar-refractivity contribution in [2.24, 2.45) is 0 Å². The fourth-order valence-electron chi connectivity index (χ4n) is 1.51. The Labute approximate surface area is 130 Å². The lowest BCUT2D eigenvalue weighted by atomic mass is 10.3. The molecular weight excluding hydrogens is 317 g/mol. The van der Waals surface area contributed by atoms with E-state index in [1.54, 1.807) is 30.3 Å². The molecule has 104 valence electrons. The van der Waals surface area contributed by atoms with Gasteiger partial charge in [-0.1, -0.05) is 29.3 Å². The molecule has 0 saturated heterocycles. The molecule has 2 aromatic rings. The number of phenolic OH excluding ortho intramolecular Hbond substituents is 1. The molecule has 0 bridgehead atoms. The molecule has 0 unspecified atom stereocenters. The molecule has 0 aliphatic carbocycles. The summed E-state index contributed by atoms with van der Waals surface area (Å²) in [6, 6.07) is 11.5. The number of amides is 1. The molecule has 0 spiro atoms. The van der Waals surface area contributed by atoms with Crippen LogP contribution in [0, 0.1) is 0 Å². The second kappa shape index (κ2) is 6.88. The standard InChI is InChI=1S/C14H11Cl2NO2S/c15-9-4-5-12(16)13(6-9)20-8-14(19)17-10-2-1-3-11(18)7-10/h1-7,18H,8H2,(H,17,19). The second-order valence-corrected chi connectivity index (χ2v) is 5.82. The molecule has 2 N–H and O–H groups in total. The Morgan fingerprint density at radius 1 is 1.20 bits per heavy atom. The molecule has 1 amide bonds. The van der Waals surface area contributed by atoms with Gasteiger partial charge >= 0.3 is 0 Å². The van der Waals surface area contributed by atoms with E-state index in [1.807, 2.05) is 0 Å². The van der Waals surface area contributed by atoms with Gasteiger partial charge in [-0.05, 0) is 30.3 Å². The van der Waals surface area contributed by atoms with Gasteiger partial charge in [0.05, 0.1) is 10.8 Å². The van der Waals surface area contributed by atoms with Gasteiger partial charge in [-0.3, -0.25) is 4.79 Å². The Morgan fingerprint density at radius 2 is 2.00 bits per heavy atom. The van der Waals surface area contributed by atoms with Crippen molar-refractivity contribution in [2.45, 2.75) is 4.90 Å². The monoisotopic (exact) mass is 327 g/mol. The average molecular weight is 328 g/mol. The number of carbonyl (C=O) groups excluding carboxylic acids is 1. The van der Waals surface area contributed by atoms with Crippen LogP contribution in [-0.4, -0.2) is 16.8 Å². The minimum absolute atomic E-state index is 0.105. The Morgan fingerprint density at radius 3 is 2.75 bits per heavy atom. The molecule has 0 aliphatic rings. The van der Waals surface area contributed by atoms with Crippen LogP contribution in [0.1, 0.15) is 0 Å². The number of thioether (sulfide) groups is 1. The molecule has 0 atom stereocenters. The van der Waals surface area contributed by atoms with Crippen LogP contribution in [0.2, 0.25) is 10.0 Å². The van der Waals surface area contributed by atoms with Gasteiger partial charge in [0.15, 0.2) is 0 Å². The Balaban J connectivity index is 1.94. The highest BCUT2D eigenvalue weighted by Gasteiger charge is 2.07. The van der Waals surface area contributed by atoms with E-state index in [0.29, 0.717) is 15.7 Å². The Hall–Kier alpha value is -1.36. The highest BCUT2D eigenvalue weighted by molar-refractivity contribution is 8.00. The van der Waals surface area contributed by atoms with Crippen molar-refractivity contribution in [3.05, 3.63) is 52.5 Å². The minimum atomic E-state index is -0.184. The Bertz CT molecular complexity index is 634. The zero-order valence-electron chi connectivity index (χ0n) is 10.3. The van der Waals surface area contributed by atoms with Crippen LogP contribution >= 0.6 is 35.0 Å². The molecule has 0 saturated carbocycles. The highest BCUT2D eigenvalue weighted by atomic mass is 35.5. The third-order valence-electron chi connectivity index (χ3n) is 2.38. The molecular formula is C14H11Cl2NO2S. The first-order chi connectivity index (χ1) is 9.54. The van der Waals surface area contributed by atoms with Gasteiger partial charge < -0.3 is 10.4 Å². The van der Waals surface area contributed by atoms with Crippen molar-refractivity contribution in [2.75, 3.05) is 11.1 Å². The first-order valence-corrected chi connectivity index (χ1v) is 7.45. The van der Waals surface area contributed by atoms with Crippen LogP contribution in [0.15, 0.2) is 47.4 Å². The van der Waals surface area contributed by atoms with Gasteiger partial charge in [-0.25, -0.2) is 0 Å². The predicted octanol–water partition coefficient (Wildman–Crippen LogP) is 4.43. The first kappa shape index (κ1) is 15.0. The largest absolute Gasteiger partial charge is 0.508 e. The molecule has 3 nitrogen and oxygen atoms in total. The van der Waals surface area contributed by atoms with Gasteiger partial charge in [0.2, 0.25) is 5.91 Å². The molecule has 0 aliphatic heterocycles. The van der Waals surface area contributed by atoms with Crippen molar-refractivity contribution >= 4 is 46.6 Å². The van der Waals surface area contributed by atoms with E-state index in [-0.39, 0.29) is 17.4 Å². The smallest absolute Gasteiger partial charge is 0.234 e. The van der Waals surface area contributed by atoms with Gasteiger partial charge in [-0.15, -0.1) is 11.8 Å². The summed E-state index contributed by atoms with van der Waals surface area (Å²) in [7, 11) is 0. The third kappa shape index (κ3) is 4.34. The van der Waals surface area contributed by atoms with E-state index >= 15 is 0 Å². The summed E-state index contributed by atoms with van der Waals surface area (Å²) in [4.78, 5) is 12.6. The molecule has 0 aromatic heterocycles. The van der Waals surface area contributed by atoms with E-state index < -0.39 is 0 Å². The number of anilines is 1. The molecule has 6 heteroatoms. The lowest BCUT2D eigenvalue weighted by Gasteiger charge is -2.07. The maximum Gasteiger partial charge on any atom is 0.234 e. The predicted molar refractivity (Wildman–Crippen MR) is 83.9 cm³/mol. The zero-order chi connectivity index (χ0) is 14.5. The minimum Gasteiger partial charge on any atom is -0.508 e. The maximum absolute atomic E-state index is 11.8. The van der Waals surface area contributed by atoms with E-state index in [0.717, 1.165) is 4.90 Å². The number of nitrogens with one attached hydrogen (secondary N) is 1. The fraction of sp³-hybridized carbons (Fsp3) is 0.0714. The van der Waals surface area contributed by atoms with Crippen LogP contribution in [0.4, 0.5) is 5.69 Å². The normalized spacial score (nSPS) is 10.3. The number of hydrogen-bond donors (Lipinski definition) is 2. The number of hydrogen-bond acceptors (Lipinski definition) is 3. The second-order valence-electron chi connectivity index (χ2n) is 3.96. The fourth-order valence-corrected chi connectivity index (χ4v) is 2.80. The highest BCUT2D eigenvalue weighted by Crippen LogP contribution is 2.29. The molecule has 0 fully saturated rings. The van der Waals surface area contributed by atoms with Crippen LogP contribution < -0.4 is 5.32 Å². The van der Waals surface area contributed by atoms with Crippen molar-refractivity contribution in [3.63, 3.8) is 0 Å². The summed E-state index contributed by atoms with van der Waals surface area (Å²) in [6.45, 7) is 0. The first-order valence-electron chi connectivity index (χ1n) is 5.71. The van der Waals surface area contributed by atoms with Crippen LogP contribution in [0.5, 0.6) is 5.75 Å². The maximum atomic E-state index is 11.8. The quantitative estimate of drug-likeness (QED) is 0.816. The molecule has 2 rings (SSSR count). The number of aromatic hydroxyl groups is 1. The van der Waals surface area contributed by atoms with Gasteiger partial charge in [-0.2, -0.15) is 0 Å². The summed E-state index contributed by atoms with van der Waals surface area (Å²) in [6.07, 6.45) is 0. The van der Waals surface area contributed by atoms with E-state index in [4.69, 9.17) is 23.2 Å². The molecule has 0 radical (unpaired) electrons. The molecule has 2 aromatic carbocycles. The van der Waals surface area contributed by atoms with E-state index in [1.165, 1.54) is 23.9 Å². The summed E-state index contributed by atoms with van der Waals surface area (Å²) in [5, 5.41) is 13.1. The topological polar surface area (TPSA) is 49.3 Å². The zero-order valence-corrected chi connectivity index (χ0v) is 12.6. The average Bonchev–Trinajstić information content (AvgIpc) is 2.40. The summed E-state index contributed by atoms with van der Waals surface area (Å²) >= 11 is 13.2.